The molecule has 2 heterocycles. The molecule has 20 heavy (non-hydrogen) atoms. The lowest BCUT2D eigenvalue weighted by Gasteiger charge is -2.11. The molecule has 0 aromatic carbocycles. The van der Waals surface area contributed by atoms with Gasteiger partial charge in [0.15, 0.2) is 0 Å². The molecule has 4 nitrogen and oxygen atoms in total. The van der Waals surface area contributed by atoms with Crippen LogP contribution < -0.4 is 5.32 Å². The first-order valence-corrected chi connectivity index (χ1v) is 7.24. The van der Waals surface area contributed by atoms with Crippen molar-refractivity contribution in [2.75, 3.05) is 6.54 Å². The van der Waals surface area contributed by atoms with E-state index in [-0.39, 0.29) is 0 Å². The van der Waals surface area contributed by atoms with Gasteiger partial charge in [0.25, 0.3) is 0 Å². The third-order valence-electron chi connectivity index (χ3n) is 3.25. The molecule has 5 heteroatoms. The van der Waals surface area contributed by atoms with Crippen molar-refractivity contribution in [3.8, 4) is 5.82 Å². The summed E-state index contributed by atoms with van der Waals surface area (Å²) in [4.78, 5) is 8.95. The third-order valence-corrected chi connectivity index (χ3v) is 3.59. The van der Waals surface area contributed by atoms with Crippen LogP contribution in [0.1, 0.15) is 30.9 Å². The average Bonchev–Trinajstić information content (AvgIpc) is 2.72. The van der Waals surface area contributed by atoms with Gasteiger partial charge in [-0.3, -0.25) is 4.57 Å². The molecule has 0 atom stereocenters. The van der Waals surface area contributed by atoms with Gasteiger partial charge in [-0.05, 0) is 38.4 Å². The molecular weight excluding hydrogens is 272 g/mol. The lowest BCUT2D eigenvalue weighted by molar-refractivity contribution is 0.548. The topological polar surface area (TPSA) is 42.7 Å². The number of hydrogen-bond acceptors (Lipinski definition) is 3. The van der Waals surface area contributed by atoms with Gasteiger partial charge in [-0.15, -0.1) is 0 Å². The Labute approximate surface area is 125 Å². The minimum Gasteiger partial charge on any atom is -0.311 e. The molecule has 0 saturated carbocycles. The summed E-state index contributed by atoms with van der Waals surface area (Å²) in [6.45, 7) is 10.0. The number of rotatable bonds is 5. The second-order valence-corrected chi connectivity index (χ2v) is 5.82. The number of pyridine rings is 1. The second kappa shape index (κ2) is 6.37. The fraction of sp³-hybridized carbons (Fsp3) is 0.467. The van der Waals surface area contributed by atoms with E-state index in [2.05, 4.69) is 29.1 Å². The summed E-state index contributed by atoms with van der Waals surface area (Å²) in [6.07, 6.45) is 1.80. The SMILES string of the molecule is Cc1ncn(-c2ccc(Cl)c(CNCC(C)C)n2)c1C. The summed E-state index contributed by atoms with van der Waals surface area (Å²) in [7, 11) is 0. The lowest BCUT2D eigenvalue weighted by atomic mass is 10.2. The third kappa shape index (κ3) is 3.38. The molecule has 2 aromatic rings. The fourth-order valence-electron chi connectivity index (χ4n) is 1.94. The Hall–Kier alpha value is -1.39. The van der Waals surface area contributed by atoms with Crippen LogP contribution in [0, 0.1) is 19.8 Å². The van der Waals surface area contributed by atoms with Crippen molar-refractivity contribution in [2.24, 2.45) is 5.92 Å². The van der Waals surface area contributed by atoms with Crippen LogP contribution in [0.5, 0.6) is 0 Å². The highest BCUT2D eigenvalue weighted by atomic mass is 35.5. The van der Waals surface area contributed by atoms with Crippen LogP contribution in [0.15, 0.2) is 18.5 Å². The van der Waals surface area contributed by atoms with E-state index < -0.39 is 0 Å². The van der Waals surface area contributed by atoms with E-state index in [0.29, 0.717) is 17.5 Å². The molecule has 0 radical (unpaired) electrons. The molecule has 0 amide bonds. The molecule has 1 N–H and O–H groups in total. The summed E-state index contributed by atoms with van der Waals surface area (Å²) >= 11 is 6.22. The van der Waals surface area contributed by atoms with Gasteiger partial charge in [0.05, 0.1) is 16.4 Å². The van der Waals surface area contributed by atoms with E-state index in [1.165, 1.54) is 0 Å². The number of aryl methyl sites for hydroxylation is 1. The number of imidazole rings is 1. The van der Waals surface area contributed by atoms with Crippen LogP contribution in [0.4, 0.5) is 0 Å². The summed E-state index contributed by atoms with van der Waals surface area (Å²) in [5.41, 5.74) is 2.98. The van der Waals surface area contributed by atoms with Gasteiger partial charge in [0.2, 0.25) is 0 Å². The molecule has 0 aliphatic rings. The van der Waals surface area contributed by atoms with Crippen molar-refractivity contribution in [1.82, 2.24) is 19.9 Å². The summed E-state index contributed by atoms with van der Waals surface area (Å²) in [6, 6.07) is 3.81. The van der Waals surface area contributed by atoms with Crippen molar-refractivity contribution in [3.63, 3.8) is 0 Å². The predicted molar refractivity (Wildman–Crippen MR) is 82.4 cm³/mol. The van der Waals surface area contributed by atoms with Crippen LogP contribution in [0.3, 0.4) is 0 Å². The van der Waals surface area contributed by atoms with Crippen molar-refractivity contribution in [1.29, 1.82) is 0 Å². The van der Waals surface area contributed by atoms with Crippen molar-refractivity contribution in [2.45, 2.75) is 34.2 Å². The molecule has 108 valence electrons. The Bertz CT molecular complexity index is 590. The number of nitrogens with zero attached hydrogens (tertiary/aromatic N) is 3. The van der Waals surface area contributed by atoms with Crippen LogP contribution in [-0.4, -0.2) is 21.1 Å². The zero-order valence-electron chi connectivity index (χ0n) is 12.4. The molecular formula is C15H21ClN4. The maximum absolute atomic E-state index is 6.22. The summed E-state index contributed by atoms with van der Waals surface area (Å²) < 4.78 is 1.98. The van der Waals surface area contributed by atoms with Gasteiger partial charge in [-0.2, -0.15) is 0 Å². The number of nitrogens with one attached hydrogen (secondary N) is 1. The van der Waals surface area contributed by atoms with Crippen LogP contribution >= 0.6 is 11.6 Å². The molecule has 0 unspecified atom stereocenters. The van der Waals surface area contributed by atoms with Crippen molar-refractivity contribution < 1.29 is 0 Å². The summed E-state index contributed by atoms with van der Waals surface area (Å²) in [5.74, 6) is 1.46. The molecule has 0 bridgehead atoms. The molecule has 2 aromatic heterocycles. The normalized spacial score (nSPS) is 11.3. The lowest BCUT2D eigenvalue weighted by Crippen LogP contribution is -2.20. The van der Waals surface area contributed by atoms with E-state index >= 15 is 0 Å². The average molecular weight is 293 g/mol. The minimum atomic E-state index is 0.607. The molecule has 0 aliphatic carbocycles. The predicted octanol–water partition coefficient (Wildman–Crippen LogP) is 3.28. The van der Waals surface area contributed by atoms with E-state index in [1.54, 1.807) is 6.33 Å². The number of aromatic nitrogens is 3. The highest BCUT2D eigenvalue weighted by molar-refractivity contribution is 6.31. The van der Waals surface area contributed by atoms with Gasteiger partial charge >= 0.3 is 0 Å². The Morgan fingerprint density at radius 2 is 2.05 bits per heavy atom. The zero-order valence-corrected chi connectivity index (χ0v) is 13.2. The van der Waals surface area contributed by atoms with E-state index in [4.69, 9.17) is 11.6 Å². The van der Waals surface area contributed by atoms with Crippen molar-refractivity contribution >= 4 is 11.6 Å². The van der Waals surface area contributed by atoms with Crippen LogP contribution in [-0.2, 0) is 6.54 Å². The second-order valence-electron chi connectivity index (χ2n) is 5.41. The Morgan fingerprint density at radius 3 is 2.65 bits per heavy atom. The summed E-state index contributed by atoms with van der Waals surface area (Å²) in [5, 5.41) is 4.06. The number of hydrogen-bond donors (Lipinski definition) is 1. The van der Waals surface area contributed by atoms with Gasteiger partial charge in [0, 0.05) is 12.2 Å². The highest BCUT2D eigenvalue weighted by Crippen LogP contribution is 2.18. The molecule has 0 aliphatic heterocycles. The quantitative estimate of drug-likeness (QED) is 0.919. The maximum Gasteiger partial charge on any atom is 0.138 e. The molecule has 2 rings (SSSR count). The highest BCUT2D eigenvalue weighted by Gasteiger charge is 2.09. The smallest absolute Gasteiger partial charge is 0.138 e. The van der Waals surface area contributed by atoms with E-state index in [1.807, 2.05) is 30.5 Å². The Morgan fingerprint density at radius 1 is 1.30 bits per heavy atom. The molecule has 0 fully saturated rings. The van der Waals surface area contributed by atoms with Gasteiger partial charge < -0.3 is 5.32 Å². The minimum absolute atomic E-state index is 0.607. The Kier molecular flexibility index (Phi) is 4.78. The first kappa shape index (κ1) is 15.0. The standard InChI is InChI=1S/C15H21ClN4/c1-10(2)7-17-8-14-13(16)5-6-15(19-14)20-9-18-11(3)12(20)4/h5-6,9-10,17H,7-8H2,1-4H3. The van der Waals surface area contributed by atoms with Gasteiger partial charge in [-0.25, -0.2) is 9.97 Å². The van der Waals surface area contributed by atoms with Gasteiger partial charge in [0.1, 0.15) is 12.1 Å². The maximum atomic E-state index is 6.22. The first-order chi connectivity index (χ1) is 9.49. The van der Waals surface area contributed by atoms with E-state index in [9.17, 15) is 0 Å². The zero-order chi connectivity index (χ0) is 14.7. The molecule has 0 spiro atoms. The largest absolute Gasteiger partial charge is 0.311 e. The first-order valence-electron chi connectivity index (χ1n) is 6.86. The van der Waals surface area contributed by atoms with Crippen molar-refractivity contribution in [3.05, 3.63) is 40.6 Å². The Balaban J connectivity index is 2.22. The van der Waals surface area contributed by atoms with Gasteiger partial charge in [-0.1, -0.05) is 25.4 Å². The monoisotopic (exact) mass is 292 g/mol. The molecule has 0 saturated heterocycles. The fourth-order valence-corrected chi connectivity index (χ4v) is 2.11. The van der Waals surface area contributed by atoms with E-state index in [0.717, 1.165) is 29.4 Å². The number of halogens is 1. The van der Waals surface area contributed by atoms with Crippen LogP contribution in [0.2, 0.25) is 5.02 Å². The van der Waals surface area contributed by atoms with Crippen LogP contribution in [0.25, 0.3) is 5.82 Å².